The topological polar surface area (TPSA) is 76.2 Å². The van der Waals surface area contributed by atoms with Crippen molar-refractivity contribution in [2.24, 2.45) is 0 Å². The van der Waals surface area contributed by atoms with Gasteiger partial charge in [-0.25, -0.2) is 0 Å². The van der Waals surface area contributed by atoms with E-state index < -0.39 is 5.97 Å². The number of carboxylic acids is 1. The number of hydrogen-bond acceptors (Lipinski definition) is 6. The Bertz CT molecular complexity index is 481. The first-order valence-corrected chi connectivity index (χ1v) is 6.91. The summed E-state index contributed by atoms with van der Waals surface area (Å²) in [5.41, 5.74) is 0. The van der Waals surface area contributed by atoms with Crippen molar-refractivity contribution < 1.29 is 14.4 Å². The number of rotatable bonds is 6. The molecule has 0 fully saturated rings. The molecule has 0 saturated heterocycles. The number of aromatic nitrogens is 2. The van der Waals surface area contributed by atoms with Gasteiger partial charge in [-0.1, -0.05) is 11.2 Å². The van der Waals surface area contributed by atoms with Crippen molar-refractivity contribution in [3.8, 4) is 0 Å². The Labute approximate surface area is 106 Å². The zero-order valence-corrected chi connectivity index (χ0v) is 10.5. The third kappa shape index (κ3) is 3.86. The lowest BCUT2D eigenvalue weighted by molar-refractivity contribution is -0.133. The van der Waals surface area contributed by atoms with Crippen LogP contribution in [0.3, 0.4) is 0 Å². The molecule has 0 atom stereocenters. The molecule has 0 bridgehead atoms. The first kappa shape index (κ1) is 12.1. The van der Waals surface area contributed by atoms with Gasteiger partial charge in [-0.3, -0.25) is 4.79 Å². The van der Waals surface area contributed by atoms with Crippen LogP contribution in [0, 0.1) is 0 Å². The van der Waals surface area contributed by atoms with E-state index in [-0.39, 0.29) is 5.75 Å². The predicted molar refractivity (Wildman–Crippen MR) is 65.2 cm³/mol. The molecule has 0 radical (unpaired) electrons. The predicted octanol–water partition coefficient (Wildman–Crippen LogP) is 2.04. The standard InChI is InChI=1S/C10H10N2O3S2/c13-10(14)6-16-5-9-11-8(12-15-9)4-7-2-1-3-17-7/h1-3H,4-6H2,(H,13,14). The Balaban J connectivity index is 1.85. The maximum atomic E-state index is 10.3. The molecule has 2 rings (SSSR count). The number of aliphatic carboxylic acids is 1. The van der Waals surface area contributed by atoms with Crippen LogP contribution in [0.15, 0.2) is 22.0 Å². The van der Waals surface area contributed by atoms with Gasteiger partial charge in [0.15, 0.2) is 5.82 Å². The highest BCUT2D eigenvalue weighted by atomic mass is 32.2. The average Bonchev–Trinajstić information content (AvgIpc) is 2.90. The van der Waals surface area contributed by atoms with Crippen LogP contribution in [-0.4, -0.2) is 27.0 Å². The van der Waals surface area contributed by atoms with Gasteiger partial charge in [0.25, 0.3) is 0 Å². The number of carboxylic acid groups (broad SMARTS) is 1. The summed E-state index contributed by atoms with van der Waals surface area (Å²) in [6, 6.07) is 3.99. The third-order valence-electron chi connectivity index (χ3n) is 1.87. The van der Waals surface area contributed by atoms with E-state index in [1.54, 1.807) is 11.3 Å². The highest BCUT2D eigenvalue weighted by Gasteiger charge is 2.08. The van der Waals surface area contributed by atoms with Crippen molar-refractivity contribution >= 4 is 29.1 Å². The Kier molecular flexibility index (Phi) is 4.16. The summed E-state index contributed by atoms with van der Waals surface area (Å²) >= 11 is 2.89. The van der Waals surface area contributed by atoms with E-state index in [0.717, 1.165) is 0 Å². The number of carbonyl (C=O) groups is 1. The molecule has 0 saturated carbocycles. The van der Waals surface area contributed by atoms with E-state index in [1.165, 1.54) is 16.6 Å². The van der Waals surface area contributed by atoms with E-state index in [4.69, 9.17) is 9.63 Å². The maximum Gasteiger partial charge on any atom is 0.313 e. The summed E-state index contributed by atoms with van der Waals surface area (Å²) in [5.74, 6) is 0.751. The van der Waals surface area contributed by atoms with Gasteiger partial charge in [0.05, 0.1) is 11.5 Å². The zero-order chi connectivity index (χ0) is 12.1. The van der Waals surface area contributed by atoms with Crippen molar-refractivity contribution in [1.29, 1.82) is 0 Å². The zero-order valence-electron chi connectivity index (χ0n) is 8.83. The SMILES string of the molecule is O=C(O)CSCc1nc(Cc2cccs2)no1. The number of thioether (sulfide) groups is 1. The second-order valence-electron chi connectivity index (χ2n) is 3.25. The second-order valence-corrected chi connectivity index (χ2v) is 5.26. The first-order valence-electron chi connectivity index (χ1n) is 4.87. The molecule has 7 heteroatoms. The molecule has 5 nitrogen and oxygen atoms in total. The summed E-state index contributed by atoms with van der Waals surface area (Å²) in [4.78, 5) is 15.7. The highest BCUT2D eigenvalue weighted by Crippen LogP contribution is 2.14. The van der Waals surface area contributed by atoms with E-state index in [2.05, 4.69) is 10.1 Å². The third-order valence-corrected chi connectivity index (χ3v) is 3.65. The molecular weight excluding hydrogens is 260 g/mol. The van der Waals surface area contributed by atoms with Crippen LogP contribution >= 0.6 is 23.1 Å². The van der Waals surface area contributed by atoms with Crippen molar-refractivity contribution in [1.82, 2.24) is 10.1 Å². The minimum absolute atomic E-state index is 0.0443. The van der Waals surface area contributed by atoms with Crippen LogP contribution in [0.25, 0.3) is 0 Å². The van der Waals surface area contributed by atoms with Gasteiger partial charge < -0.3 is 9.63 Å². The van der Waals surface area contributed by atoms with Crippen LogP contribution in [0.4, 0.5) is 0 Å². The largest absolute Gasteiger partial charge is 0.481 e. The van der Waals surface area contributed by atoms with Gasteiger partial charge in [-0.05, 0) is 11.4 Å². The van der Waals surface area contributed by atoms with E-state index in [1.807, 2.05) is 17.5 Å². The minimum Gasteiger partial charge on any atom is -0.481 e. The van der Waals surface area contributed by atoms with Gasteiger partial charge in [-0.2, -0.15) is 4.98 Å². The van der Waals surface area contributed by atoms with Gasteiger partial charge >= 0.3 is 5.97 Å². The van der Waals surface area contributed by atoms with Crippen LogP contribution in [0.5, 0.6) is 0 Å². The van der Waals surface area contributed by atoms with Gasteiger partial charge in [0.2, 0.25) is 5.89 Å². The summed E-state index contributed by atoms with van der Waals surface area (Å²) in [7, 11) is 0. The number of thiophene rings is 1. The van der Waals surface area contributed by atoms with Crippen molar-refractivity contribution in [3.05, 3.63) is 34.1 Å². The quantitative estimate of drug-likeness (QED) is 0.865. The molecule has 0 aromatic carbocycles. The number of hydrogen-bond donors (Lipinski definition) is 1. The summed E-state index contributed by atoms with van der Waals surface area (Å²) in [6.45, 7) is 0. The maximum absolute atomic E-state index is 10.3. The molecule has 2 aromatic heterocycles. The first-order chi connectivity index (χ1) is 8.24. The molecule has 2 heterocycles. The summed E-state index contributed by atoms with van der Waals surface area (Å²) < 4.78 is 5.02. The Morgan fingerprint density at radius 1 is 1.59 bits per heavy atom. The highest BCUT2D eigenvalue weighted by molar-refractivity contribution is 7.99. The van der Waals surface area contributed by atoms with Gasteiger partial charge in [0, 0.05) is 11.3 Å². The van der Waals surface area contributed by atoms with Gasteiger partial charge in [0.1, 0.15) is 0 Å². The molecule has 0 spiro atoms. The van der Waals surface area contributed by atoms with Crippen LogP contribution in [-0.2, 0) is 17.0 Å². The van der Waals surface area contributed by atoms with E-state index in [9.17, 15) is 4.79 Å². The Morgan fingerprint density at radius 2 is 2.47 bits per heavy atom. The molecule has 17 heavy (non-hydrogen) atoms. The fourth-order valence-electron chi connectivity index (χ4n) is 1.22. The average molecular weight is 270 g/mol. The lowest BCUT2D eigenvalue weighted by Crippen LogP contribution is -1.98. The normalized spacial score (nSPS) is 10.6. The second kappa shape index (κ2) is 5.83. The molecule has 0 amide bonds. The molecule has 0 aliphatic rings. The minimum atomic E-state index is -0.840. The smallest absolute Gasteiger partial charge is 0.313 e. The summed E-state index contributed by atoms with van der Waals surface area (Å²) in [6.07, 6.45) is 0.658. The van der Waals surface area contributed by atoms with Crippen molar-refractivity contribution in [2.75, 3.05) is 5.75 Å². The number of nitrogens with zero attached hydrogens (tertiary/aromatic N) is 2. The van der Waals surface area contributed by atoms with Crippen LogP contribution in [0.1, 0.15) is 16.6 Å². The lowest BCUT2D eigenvalue weighted by Gasteiger charge is -1.91. The van der Waals surface area contributed by atoms with Crippen LogP contribution < -0.4 is 0 Å². The molecule has 1 N–H and O–H groups in total. The fourth-order valence-corrected chi connectivity index (χ4v) is 2.49. The molecule has 0 aliphatic carbocycles. The van der Waals surface area contributed by atoms with Crippen LogP contribution in [0.2, 0.25) is 0 Å². The van der Waals surface area contributed by atoms with Gasteiger partial charge in [-0.15, -0.1) is 23.1 Å². The molecule has 0 unspecified atom stereocenters. The molecular formula is C10H10N2O3S2. The fraction of sp³-hybridized carbons (Fsp3) is 0.300. The monoisotopic (exact) mass is 270 g/mol. The van der Waals surface area contributed by atoms with E-state index in [0.29, 0.717) is 23.9 Å². The Morgan fingerprint density at radius 3 is 3.18 bits per heavy atom. The van der Waals surface area contributed by atoms with Crippen molar-refractivity contribution in [3.63, 3.8) is 0 Å². The van der Waals surface area contributed by atoms with Crippen molar-refractivity contribution in [2.45, 2.75) is 12.2 Å². The Hall–Kier alpha value is -1.34. The molecule has 2 aromatic rings. The van der Waals surface area contributed by atoms with E-state index >= 15 is 0 Å². The lowest BCUT2D eigenvalue weighted by atomic mass is 10.3. The summed E-state index contributed by atoms with van der Waals surface area (Å²) in [5, 5.41) is 14.3. The molecule has 0 aliphatic heterocycles. The molecule has 90 valence electrons.